The molecule has 1 N–H and O–H groups in total. The third-order valence-electron chi connectivity index (χ3n) is 3.16. The first kappa shape index (κ1) is 12.2. The second kappa shape index (κ2) is 4.55. The Morgan fingerprint density at radius 3 is 2.12 bits per heavy atom. The zero-order valence-corrected chi connectivity index (χ0v) is 9.37. The van der Waals surface area contributed by atoms with Crippen LogP contribution in [0.1, 0.15) is 26.2 Å². The summed E-state index contributed by atoms with van der Waals surface area (Å²) >= 11 is 0. The van der Waals surface area contributed by atoms with E-state index in [4.69, 9.17) is 0 Å². The lowest BCUT2D eigenvalue weighted by Gasteiger charge is -2.15. The second-order valence-electron chi connectivity index (χ2n) is 4.60. The van der Waals surface area contributed by atoms with E-state index >= 15 is 0 Å². The van der Waals surface area contributed by atoms with Gasteiger partial charge in [-0.25, -0.2) is 17.6 Å². The normalized spacial score (nSPS) is 24.1. The number of halogens is 4. The highest BCUT2D eigenvalue weighted by atomic mass is 19.2. The molecule has 2 rings (SSSR count). The molecule has 0 aromatic heterocycles. The molecule has 0 spiro atoms. The minimum Gasteiger partial charge on any atom is -0.377 e. The number of hydrogen-bond acceptors (Lipinski definition) is 1. The van der Waals surface area contributed by atoms with E-state index in [0.717, 1.165) is 19.3 Å². The van der Waals surface area contributed by atoms with Crippen LogP contribution in [0.25, 0.3) is 0 Å². The molecular weight excluding hydrogens is 234 g/mol. The molecule has 1 fully saturated rings. The Hall–Kier alpha value is -1.26. The molecule has 0 bridgehead atoms. The summed E-state index contributed by atoms with van der Waals surface area (Å²) in [6, 6.07) is 0.0860. The van der Waals surface area contributed by atoms with Crippen LogP contribution in [0.15, 0.2) is 6.07 Å². The average molecular weight is 247 g/mol. The third kappa shape index (κ3) is 2.37. The lowest BCUT2D eigenvalue weighted by Crippen LogP contribution is -2.18. The van der Waals surface area contributed by atoms with Crippen molar-refractivity contribution < 1.29 is 17.6 Å². The minimum absolute atomic E-state index is 0.129. The van der Waals surface area contributed by atoms with Crippen LogP contribution in [0.3, 0.4) is 0 Å². The first-order chi connectivity index (χ1) is 7.99. The van der Waals surface area contributed by atoms with Crippen LogP contribution in [0.2, 0.25) is 0 Å². The van der Waals surface area contributed by atoms with Gasteiger partial charge in [0, 0.05) is 12.1 Å². The molecule has 0 amide bonds. The van der Waals surface area contributed by atoms with Crippen molar-refractivity contribution in [3.05, 3.63) is 29.3 Å². The molecule has 1 aromatic rings. The van der Waals surface area contributed by atoms with Crippen molar-refractivity contribution >= 4 is 5.69 Å². The largest absolute Gasteiger partial charge is 0.377 e. The minimum atomic E-state index is -1.38. The Kier molecular flexibility index (Phi) is 3.26. The predicted octanol–water partition coefficient (Wildman–Crippen LogP) is 3.84. The maximum Gasteiger partial charge on any atom is 0.185 e. The molecule has 17 heavy (non-hydrogen) atoms. The Bertz CT molecular complexity index is 407. The highest BCUT2D eigenvalue weighted by Gasteiger charge is 2.25. The maximum atomic E-state index is 13.3. The quantitative estimate of drug-likeness (QED) is 0.618. The number of anilines is 1. The molecule has 94 valence electrons. The van der Waals surface area contributed by atoms with Crippen molar-refractivity contribution in [3.63, 3.8) is 0 Å². The molecule has 5 heteroatoms. The molecule has 0 saturated heterocycles. The zero-order valence-electron chi connectivity index (χ0n) is 9.37. The number of benzene rings is 1. The van der Waals surface area contributed by atoms with Gasteiger partial charge in [0.05, 0.1) is 0 Å². The molecule has 1 aliphatic rings. The highest BCUT2D eigenvalue weighted by Crippen LogP contribution is 2.31. The monoisotopic (exact) mass is 247 g/mol. The van der Waals surface area contributed by atoms with Gasteiger partial charge < -0.3 is 5.32 Å². The second-order valence-corrected chi connectivity index (χ2v) is 4.60. The SMILES string of the molecule is CC1CCC(Nc2c(F)c(F)cc(F)c2F)C1. The molecule has 0 heterocycles. The van der Waals surface area contributed by atoms with Gasteiger partial charge in [-0.3, -0.25) is 0 Å². The van der Waals surface area contributed by atoms with E-state index < -0.39 is 29.0 Å². The Morgan fingerprint density at radius 1 is 1.06 bits per heavy atom. The van der Waals surface area contributed by atoms with Crippen molar-refractivity contribution in [2.75, 3.05) is 5.32 Å². The molecule has 0 aliphatic heterocycles. The average Bonchev–Trinajstić information content (AvgIpc) is 2.68. The number of rotatable bonds is 2. The topological polar surface area (TPSA) is 12.0 Å². The van der Waals surface area contributed by atoms with Crippen LogP contribution < -0.4 is 5.32 Å². The predicted molar refractivity (Wildman–Crippen MR) is 56.7 cm³/mol. The molecule has 1 nitrogen and oxygen atoms in total. The van der Waals surface area contributed by atoms with Gasteiger partial charge in [0.15, 0.2) is 23.3 Å². The van der Waals surface area contributed by atoms with Gasteiger partial charge >= 0.3 is 0 Å². The summed E-state index contributed by atoms with van der Waals surface area (Å²) in [6.07, 6.45) is 2.44. The van der Waals surface area contributed by atoms with Gasteiger partial charge in [-0.2, -0.15) is 0 Å². The summed E-state index contributed by atoms with van der Waals surface area (Å²) in [7, 11) is 0. The van der Waals surface area contributed by atoms with Gasteiger partial charge in [-0.1, -0.05) is 6.92 Å². The van der Waals surface area contributed by atoms with Gasteiger partial charge in [-0.15, -0.1) is 0 Å². The van der Waals surface area contributed by atoms with Gasteiger partial charge in [0.25, 0.3) is 0 Å². The van der Waals surface area contributed by atoms with Gasteiger partial charge in [0.1, 0.15) is 5.69 Å². The molecular formula is C12H13F4N. The molecule has 1 saturated carbocycles. The van der Waals surface area contributed by atoms with Crippen LogP contribution in [0.5, 0.6) is 0 Å². The number of hydrogen-bond donors (Lipinski definition) is 1. The lowest BCUT2D eigenvalue weighted by molar-refractivity contribution is 0.456. The Morgan fingerprint density at radius 2 is 1.65 bits per heavy atom. The van der Waals surface area contributed by atoms with Crippen molar-refractivity contribution in [2.45, 2.75) is 32.2 Å². The fourth-order valence-corrected chi connectivity index (χ4v) is 2.24. The van der Waals surface area contributed by atoms with Gasteiger partial charge in [0.2, 0.25) is 0 Å². The summed E-state index contributed by atoms with van der Waals surface area (Å²) in [6.45, 7) is 2.03. The van der Waals surface area contributed by atoms with E-state index in [1.807, 2.05) is 6.92 Å². The summed E-state index contributed by atoms with van der Waals surface area (Å²) < 4.78 is 52.6. The molecule has 1 aliphatic carbocycles. The Balaban J connectivity index is 2.26. The molecule has 0 radical (unpaired) electrons. The summed E-state index contributed by atoms with van der Waals surface area (Å²) in [5, 5.41) is 2.56. The van der Waals surface area contributed by atoms with Crippen molar-refractivity contribution in [1.29, 1.82) is 0 Å². The lowest BCUT2D eigenvalue weighted by atomic mass is 10.1. The van der Waals surface area contributed by atoms with Crippen molar-refractivity contribution in [1.82, 2.24) is 0 Å². The van der Waals surface area contributed by atoms with E-state index in [0.29, 0.717) is 5.92 Å². The number of nitrogens with one attached hydrogen (secondary N) is 1. The summed E-state index contributed by atoms with van der Waals surface area (Å²) in [4.78, 5) is 0. The maximum absolute atomic E-state index is 13.3. The van der Waals surface area contributed by atoms with Crippen LogP contribution in [-0.2, 0) is 0 Å². The summed E-state index contributed by atoms with van der Waals surface area (Å²) in [5.74, 6) is -5.01. The van der Waals surface area contributed by atoms with Crippen LogP contribution in [-0.4, -0.2) is 6.04 Å². The smallest absolute Gasteiger partial charge is 0.185 e. The van der Waals surface area contributed by atoms with Gasteiger partial charge in [-0.05, 0) is 25.2 Å². The van der Waals surface area contributed by atoms with E-state index in [1.54, 1.807) is 0 Å². The first-order valence-corrected chi connectivity index (χ1v) is 5.58. The van der Waals surface area contributed by atoms with Crippen LogP contribution >= 0.6 is 0 Å². The molecule has 1 aromatic carbocycles. The van der Waals surface area contributed by atoms with Crippen LogP contribution in [0.4, 0.5) is 23.2 Å². The van der Waals surface area contributed by atoms with E-state index in [1.165, 1.54) is 0 Å². The summed E-state index contributed by atoms with van der Waals surface area (Å²) in [5.41, 5.74) is -0.693. The molecule has 2 atom stereocenters. The standard InChI is InChI=1S/C12H13F4N/c1-6-2-3-7(4-6)17-12-10(15)8(13)5-9(14)11(12)16/h5-7,17H,2-4H2,1H3. The fourth-order valence-electron chi connectivity index (χ4n) is 2.24. The third-order valence-corrected chi connectivity index (χ3v) is 3.16. The van der Waals surface area contributed by atoms with E-state index in [-0.39, 0.29) is 12.1 Å². The zero-order chi connectivity index (χ0) is 12.6. The first-order valence-electron chi connectivity index (χ1n) is 5.58. The Labute approximate surface area is 96.8 Å². The highest BCUT2D eigenvalue weighted by molar-refractivity contribution is 5.48. The van der Waals surface area contributed by atoms with Crippen molar-refractivity contribution in [3.8, 4) is 0 Å². The fraction of sp³-hybridized carbons (Fsp3) is 0.500. The molecule has 2 unspecified atom stereocenters. The van der Waals surface area contributed by atoms with E-state index in [9.17, 15) is 17.6 Å². The van der Waals surface area contributed by atoms with E-state index in [2.05, 4.69) is 5.32 Å². The van der Waals surface area contributed by atoms with Crippen molar-refractivity contribution in [2.24, 2.45) is 5.92 Å². The van der Waals surface area contributed by atoms with Crippen LogP contribution in [0, 0.1) is 29.2 Å².